The molecule has 1 aromatic carbocycles. The highest BCUT2D eigenvalue weighted by Gasteiger charge is 2.08. The predicted molar refractivity (Wildman–Crippen MR) is 197 cm³/mol. The third kappa shape index (κ3) is 24.1. The minimum absolute atomic E-state index is 0.526. The number of benzene rings is 1. The van der Waals surface area contributed by atoms with Gasteiger partial charge in [0.1, 0.15) is 5.75 Å². The molecule has 0 saturated heterocycles. The molecule has 1 rings (SSSR count). The monoisotopic (exact) mass is 621 g/mol. The third-order valence-electron chi connectivity index (χ3n) is 8.75. The molecule has 0 bridgehead atoms. The summed E-state index contributed by atoms with van der Waals surface area (Å²) < 4.78 is 0. The normalized spacial score (nSPS) is 11.5. The topological polar surface area (TPSA) is 20.2 Å². The van der Waals surface area contributed by atoms with E-state index in [0.717, 1.165) is 22.6 Å². The van der Waals surface area contributed by atoms with Gasteiger partial charge in [-0.3, -0.25) is 0 Å². The zero-order valence-corrected chi connectivity index (χ0v) is 30.3. The Kier molecular flexibility index (Phi) is 29.1. The molecule has 0 heterocycles. The van der Waals surface area contributed by atoms with Crippen LogP contribution in [-0.4, -0.2) is 16.6 Å². The first-order chi connectivity index (χ1) is 20.7. The van der Waals surface area contributed by atoms with Crippen molar-refractivity contribution < 1.29 is 5.11 Å². The van der Waals surface area contributed by atoms with Crippen LogP contribution in [0.3, 0.4) is 0 Å². The second-order valence-electron chi connectivity index (χ2n) is 13.0. The van der Waals surface area contributed by atoms with E-state index in [9.17, 15) is 5.11 Å². The molecule has 1 N–H and O–H groups in total. The number of unbranched alkanes of at least 4 members (excludes halogenated alkanes) is 24. The number of hydrogen-bond donors (Lipinski definition) is 1. The first kappa shape index (κ1) is 39.7. The molecule has 42 heavy (non-hydrogen) atoms. The molecule has 0 aromatic heterocycles. The van der Waals surface area contributed by atoms with Crippen molar-refractivity contribution in [2.75, 3.05) is 11.5 Å². The van der Waals surface area contributed by atoms with Crippen molar-refractivity contribution in [2.24, 2.45) is 0 Å². The summed E-state index contributed by atoms with van der Waals surface area (Å²) in [5.74, 6) is 5.03. The fourth-order valence-corrected chi connectivity index (χ4v) is 7.89. The summed E-state index contributed by atoms with van der Waals surface area (Å²) in [6, 6.07) is 4.47. The summed E-state index contributed by atoms with van der Waals surface area (Å²) in [5, 5.41) is 10.6. The molecular formula is C39H72OS2. The Balaban J connectivity index is 2.00. The quantitative estimate of drug-likeness (QED) is 0.0809. The van der Waals surface area contributed by atoms with Gasteiger partial charge >= 0.3 is 0 Å². The highest BCUT2D eigenvalue weighted by Crippen LogP contribution is 2.30. The maximum atomic E-state index is 10.6. The van der Waals surface area contributed by atoms with E-state index < -0.39 is 0 Å². The predicted octanol–water partition coefficient (Wildman–Crippen LogP) is 14.3. The van der Waals surface area contributed by atoms with Crippen LogP contribution in [0.25, 0.3) is 0 Å². The molecule has 0 amide bonds. The zero-order chi connectivity index (χ0) is 30.4. The number of hydrogen-bond acceptors (Lipinski definition) is 3. The van der Waals surface area contributed by atoms with E-state index in [-0.39, 0.29) is 0 Å². The Bertz CT molecular complexity index is 704. The summed E-state index contributed by atoms with van der Waals surface area (Å²) in [6.45, 7) is 6.66. The third-order valence-corrected chi connectivity index (χ3v) is 11.0. The molecule has 0 saturated carbocycles. The van der Waals surface area contributed by atoms with Crippen LogP contribution in [0.1, 0.15) is 197 Å². The standard InChI is InChI=1S/C39H72OS2/c1-4-6-8-10-12-14-16-18-20-22-24-26-28-30-41-34-37-32-36(3)39(40)38(33-37)35-42-31-29-27-25-23-21-19-17-15-13-11-9-7-5-2/h32-33,40H,4-31,34-35H2,1-3H3. The minimum Gasteiger partial charge on any atom is -0.507 e. The molecule has 246 valence electrons. The van der Waals surface area contributed by atoms with Crippen molar-refractivity contribution in [1.29, 1.82) is 0 Å². The molecule has 1 nitrogen and oxygen atoms in total. The van der Waals surface area contributed by atoms with Crippen LogP contribution in [0.2, 0.25) is 0 Å². The van der Waals surface area contributed by atoms with Gasteiger partial charge in [0, 0.05) is 17.1 Å². The Hall–Kier alpha value is -0.280. The minimum atomic E-state index is 0.526. The molecule has 0 fully saturated rings. The highest BCUT2D eigenvalue weighted by molar-refractivity contribution is 7.98. The lowest BCUT2D eigenvalue weighted by Gasteiger charge is -2.11. The van der Waals surface area contributed by atoms with E-state index in [0.29, 0.717) is 5.75 Å². The fraction of sp³-hybridized carbons (Fsp3) is 0.846. The second-order valence-corrected chi connectivity index (χ2v) is 15.2. The van der Waals surface area contributed by atoms with Gasteiger partial charge in [0.15, 0.2) is 0 Å². The van der Waals surface area contributed by atoms with E-state index in [1.165, 1.54) is 184 Å². The Morgan fingerprint density at radius 2 is 0.786 bits per heavy atom. The summed E-state index contributed by atoms with van der Waals surface area (Å²) in [4.78, 5) is 0. The molecule has 3 heteroatoms. The lowest BCUT2D eigenvalue weighted by molar-refractivity contribution is 0.466. The van der Waals surface area contributed by atoms with Crippen LogP contribution in [0.5, 0.6) is 5.75 Å². The Morgan fingerprint density at radius 1 is 0.452 bits per heavy atom. The lowest BCUT2D eigenvalue weighted by atomic mass is 10.1. The maximum Gasteiger partial charge on any atom is 0.122 e. The van der Waals surface area contributed by atoms with Gasteiger partial charge in [-0.1, -0.05) is 180 Å². The number of phenols is 1. The SMILES string of the molecule is CCCCCCCCCCCCCCCSCc1cc(C)c(O)c(CSCCCCCCCCCCCCCCC)c1. The lowest BCUT2D eigenvalue weighted by Crippen LogP contribution is -1.92. The second kappa shape index (κ2) is 30.7. The maximum absolute atomic E-state index is 10.6. The van der Waals surface area contributed by atoms with Crippen molar-refractivity contribution in [1.82, 2.24) is 0 Å². The average molecular weight is 621 g/mol. The van der Waals surface area contributed by atoms with E-state index >= 15 is 0 Å². The highest BCUT2D eigenvalue weighted by atomic mass is 32.2. The van der Waals surface area contributed by atoms with Crippen LogP contribution in [0, 0.1) is 6.92 Å². The van der Waals surface area contributed by atoms with E-state index in [1.54, 1.807) is 0 Å². The van der Waals surface area contributed by atoms with Gasteiger partial charge in [0.2, 0.25) is 0 Å². The molecule has 0 atom stereocenters. The molecule has 0 unspecified atom stereocenters. The van der Waals surface area contributed by atoms with Crippen molar-refractivity contribution in [3.8, 4) is 5.75 Å². The number of aromatic hydroxyl groups is 1. The smallest absolute Gasteiger partial charge is 0.122 e. The van der Waals surface area contributed by atoms with Crippen molar-refractivity contribution in [3.63, 3.8) is 0 Å². The number of rotatable bonds is 32. The van der Waals surface area contributed by atoms with E-state index in [1.807, 2.05) is 11.8 Å². The molecule has 0 aliphatic heterocycles. The summed E-state index contributed by atoms with van der Waals surface area (Å²) >= 11 is 4.08. The van der Waals surface area contributed by atoms with Gasteiger partial charge in [0.25, 0.3) is 0 Å². The van der Waals surface area contributed by atoms with E-state index in [2.05, 4.69) is 44.7 Å². The van der Waals surface area contributed by atoms with Crippen LogP contribution in [0.4, 0.5) is 0 Å². The van der Waals surface area contributed by atoms with Crippen LogP contribution in [0.15, 0.2) is 12.1 Å². The number of phenolic OH excluding ortho intramolecular Hbond substituents is 1. The summed E-state index contributed by atoms with van der Waals surface area (Å²) in [5.41, 5.74) is 3.58. The molecule has 0 aliphatic carbocycles. The Morgan fingerprint density at radius 3 is 1.17 bits per heavy atom. The molecule has 1 aromatic rings. The van der Waals surface area contributed by atoms with Crippen LogP contribution >= 0.6 is 23.5 Å². The summed E-state index contributed by atoms with van der Waals surface area (Å²) in [7, 11) is 0. The van der Waals surface area contributed by atoms with Crippen LogP contribution in [-0.2, 0) is 11.5 Å². The number of thioether (sulfide) groups is 2. The van der Waals surface area contributed by atoms with Gasteiger partial charge in [0.05, 0.1) is 0 Å². The van der Waals surface area contributed by atoms with Crippen molar-refractivity contribution in [2.45, 2.75) is 199 Å². The van der Waals surface area contributed by atoms with E-state index in [4.69, 9.17) is 0 Å². The first-order valence-electron chi connectivity index (χ1n) is 18.7. The first-order valence-corrected chi connectivity index (χ1v) is 21.0. The van der Waals surface area contributed by atoms with Crippen LogP contribution < -0.4 is 0 Å². The average Bonchev–Trinajstić information content (AvgIpc) is 2.99. The Labute approximate surface area is 273 Å². The van der Waals surface area contributed by atoms with Crippen molar-refractivity contribution in [3.05, 3.63) is 28.8 Å². The number of aryl methyl sites for hydroxylation is 1. The van der Waals surface area contributed by atoms with Gasteiger partial charge in [-0.2, -0.15) is 23.5 Å². The zero-order valence-electron chi connectivity index (χ0n) is 28.6. The fourth-order valence-electron chi connectivity index (χ4n) is 5.94. The molecular weight excluding hydrogens is 549 g/mol. The van der Waals surface area contributed by atoms with Gasteiger partial charge in [-0.05, 0) is 42.4 Å². The van der Waals surface area contributed by atoms with Gasteiger partial charge in [-0.25, -0.2) is 0 Å². The molecule has 0 radical (unpaired) electrons. The molecule has 0 spiro atoms. The van der Waals surface area contributed by atoms with Crippen molar-refractivity contribution >= 4 is 23.5 Å². The summed E-state index contributed by atoms with van der Waals surface area (Å²) in [6.07, 6.45) is 36.9. The largest absolute Gasteiger partial charge is 0.507 e. The molecule has 0 aliphatic rings. The van der Waals surface area contributed by atoms with Gasteiger partial charge < -0.3 is 5.11 Å². The van der Waals surface area contributed by atoms with Gasteiger partial charge in [-0.15, -0.1) is 0 Å².